The number of nitrogens with zero attached hydrogens (tertiary/aromatic N) is 1. The first-order valence-corrected chi connectivity index (χ1v) is 7.91. The second-order valence-corrected chi connectivity index (χ2v) is 5.79. The Bertz CT molecular complexity index is 678. The minimum absolute atomic E-state index is 0. The number of benzene rings is 2. The molecular formula is C17H21BrIN3O2. The van der Waals surface area contributed by atoms with Gasteiger partial charge in [-0.1, -0.05) is 34.1 Å². The first-order chi connectivity index (χ1) is 11.1. The maximum absolute atomic E-state index is 5.90. The molecule has 0 fully saturated rings. The van der Waals surface area contributed by atoms with Crippen LogP contribution < -0.4 is 20.5 Å². The van der Waals surface area contributed by atoms with Crippen LogP contribution in [0.25, 0.3) is 0 Å². The molecule has 0 bridgehead atoms. The van der Waals surface area contributed by atoms with Crippen molar-refractivity contribution >= 4 is 45.9 Å². The predicted octanol–water partition coefficient (Wildman–Crippen LogP) is 3.69. The van der Waals surface area contributed by atoms with Gasteiger partial charge in [-0.3, -0.25) is 0 Å². The van der Waals surface area contributed by atoms with E-state index in [2.05, 4.69) is 26.2 Å². The quantitative estimate of drug-likeness (QED) is 0.357. The zero-order valence-electron chi connectivity index (χ0n) is 13.6. The molecule has 0 aliphatic heterocycles. The minimum atomic E-state index is 0. The van der Waals surface area contributed by atoms with Crippen LogP contribution in [-0.2, 0) is 13.1 Å². The van der Waals surface area contributed by atoms with Crippen LogP contribution >= 0.6 is 39.9 Å². The Morgan fingerprint density at radius 2 is 1.67 bits per heavy atom. The van der Waals surface area contributed by atoms with Gasteiger partial charge in [-0.15, -0.1) is 24.0 Å². The van der Waals surface area contributed by atoms with Crippen molar-refractivity contribution in [2.45, 2.75) is 13.1 Å². The number of halogens is 2. The Labute approximate surface area is 167 Å². The average molecular weight is 506 g/mol. The van der Waals surface area contributed by atoms with Crippen molar-refractivity contribution in [1.82, 2.24) is 5.32 Å². The van der Waals surface area contributed by atoms with Gasteiger partial charge in [0.1, 0.15) is 0 Å². The van der Waals surface area contributed by atoms with E-state index in [0.717, 1.165) is 15.6 Å². The third kappa shape index (κ3) is 6.20. The summed E-state index contributed by atoms with van der Waals surface area (Å²) in [6.07, 6.45) is 0. The number of nitrogens with two attached hydrogens (primary N) is 1. The molecule has 0 heterocycles. The molecule has 2 aromatic carbocycles. The van der Waals surface area contributed by atoms with E-state index >= 15 is 0 Å². The van der Waals surface area contributed by atoms with Crippen LogP contribution in [-0.4, -0.2) is 20.2 Å². The summed E-state index contributed by atoms with van der Waals surface area (Å²) >= 11 is 3.41. The van der Waals surface area contributed by atoms with E-state index in [4.69, 9.17) is 15.2 Å². The maximum Gasteiger partial charge on any atom is 0.189 e. The van der Waals surface area contributed by atoms with Crippen LogP contribution in [0.1, 0.15) is 11.1 Å². The van der Waals surface area contributed by atoms with Crippen LogP contribution in [0.15, 0.2) is 51.9 Å². The normalized spacial score (nSPS) is 10.7. The third-order valence-corrected chi connectivity index (χ3v) is 3.80. The lowest BCUT2D eigenvalue weighted by Gasteiger charge is -2.09. The fourth-order valence-corrected chi connectivity index (χ4v) is 2.27. The number of rotatable bonds is 6. The Morgan fingerprint density at radius 1 is 1.04 bits per heavy atom. The summed E-state index contributed by atoms with van der Waals surface area (Å²) in [6.45, 7) is 1.11. The Balaban J connectivity index is 0.00000288. The fraction of sp³-hybridized carbons (Fsp3) is 0.235. The lowest BCUT2D eigenvalue weighted by Crippen LogP contribution is -2.31. The molecule has 0 atom stereocenters. The number of guanidine groups is 1. The summed E-state index contributed by atoms with van der Waals surface area (Å²) in [5.41, 5.74) is 8.03. The summed E-state index contributed by atoms with van der Waals surface area (Å²) in [5.74, 6) is 1.78. The molecule has 24 heavy (non-hydrogen) atoms. The Kier molecular flexibility index (Phi) is 8.91. The topological polar surface area (TPSA) is 68.9 Å². The second-order valence-electron chi connectivity index (χ2n) is 4.87. The molecule has 5 nitrogen and oxygen atoms in total. The monoisotopic (exact) mass is 505 g/mol. The van der Waals surface area contributed by atoms with Gasteiger partial charge in [-0.05, 0) is 35.4 Å². The van der Waals surface area contributed by atoms with Gasteiger partial charge >= 0.3 is 0 Å². The van der Waals surface area contributed by atoms with Gasteiger partial charge in [0.25, 0.3) is 0 Å². The second kappa shape index (κ2) is 10.4. The third-order valence-electron chi connectivity index (χ3n) is 3.27. The van der Waals surface area contributed by atoms with Gasteiger partial charge in [0.15, 0.2) is 17.5 Å². The molecule has 0 saturated carbocycles. The molecule has 0 amide bonds. The number of ether oxygens (including phenoxy) is 2. The van der Waals surface area contributed by atoms with Gasteiger partial charge in [0.2, 0.25) is 0 Å². The van der Waals surface area contributed by atoms with Crippen molar-refractivity contribution in [1.29, 1.82) is 0 Å². The maximum atomic E-state index is 5.90. The first-order valence-electron chi connectivity index (χ1n) is 7.11. The zero-order chi connectivity index (χ0) is 16.7. The standard InChI is InChI=1S/C17H20BrN3O2.HI/c1-22-15-8-5-13(9-16(15)23-2)11-21-17(19)20-10-12-3-6-14(18)7-4-12;/h3-9H,10-11H2,1-2H3,(H3,19,20,21);1H. The van der Waals surface area contributed by atoms with E-state index in [-0.39, 0.29) is 24.0 Å². The number of hydrogen-bond donors (Lipinski definition) is 2. The summed E-state index contributed by atoms with van der Waals surface area (Å²) in [5, 5.41) is 3.10. The molecular weight excluding hydrogens is 485 g/mol. The van der Waals surface area contributed by atoms with E-state index in [0.29, 0.717) is 30.5 Å². The minimum Gasteiger partial charge on any atom is -0.493 e. The number of nitrogens with one attached hydrogen (secondary N) is 1. The van der Waals surface area contributed by atoms with E-state index in [9.17, 15) is 0 Å². The first kappa shape index (κ1) is 20.6. The highest BCUT2D eigenvalue weighted by atomic mass is 127. The largest absolute Gasteiger partial charge is 0.493 e. The van der Waals surface area contributed by atoms with E-state index in [1.165, 1.54) is 0 Å². The van der Waals surface area contributed by atoms with Crippen molar-refractivity contribution in [2.24, 2.45) is 10.7 Å². The molecule has 7 heteroatoms. The van der Waals surface area contributed by atoms with Crippen molar-refractivity contribution in [2.75, 3.05) is 14.2 Å². The highest BCUT2D eigenvalue weighted by Gasteiger charge is 2.04. The van der Waals surface area contributed by atoms with E-state index in [1.54, 1.807) is 14.2 Å². The molecule has 2 rings (SSSR count). The van der Waals surface area contributed by atoms with Gasteiger partial charge in [0, 0.05) is 11.0 Å². The van der Waals surface area contributed by atoms with Crippen molar-refractivity contribution in [3.05, 3.63) is 58.1 Å². The summed E-state index contributed by atoms with van der Waals surface area (Å²) in [4.78, 5) is 4.34. The molecule has 130 valence electrons. The number of methoxy groups -OCH3 is 2. The highest BCUT2D eigenvalue weighted by molar-refractivity contribution is 14.0. The average Bonchev–Trinajstić information content (AvgIpc) is 2.59. The van der Waals surface area contributed by atoms with Gasteiger partial charge in [-0.2, -0.15) is 0 Å². The van der Waals surface area contributed by atoms with Gasteiger partial charge in [-0.25, -0.2) is 4.99 Å². The zero-order valence-corrected chi connectivity index (χ0v) is 17.5. The molecule has 3 N–H and O–H groups in total. The van der Waals surface area contributed by atoms with Crippen molar-refractivity contribution in [3.63, 3.8) is 0 Å². The molecule has 0 aliphatic carbocycles. The molecule has 0 aliphatic rings. The SMILES string of the molecule is COc1ccc(CN=C(N)NCc2ccc(Br)cc2)cc1OC.I. The van der Waals surface area contributed by atoms with Crippen LogP contribution in [0.5, 0.6) is 11.5 Å². The lowest BCUT2D eigenvalue weighted by atomic mass is 10.2. The Morgan fingerprint density at radius 3 is 2.29 bits per heavy atom. The van der Waals surface area contributed by atoms with Crippen LogP contribution in [0.2, 0.25) is 0 Å². The molecule has 0 unspecified atom stereocenters. The van der Waals surface area contributed by atoms with Crippen molar-refractivity contribution < 1.29 is 9.47 Å². The molecule has 0 radical (unpaired) electrons. The van der Waals surface area contributed by atoms with Crippen LogP contribution in [0.4, 0.5) is 0 Å². The van der Waals surface area contributed by atoms with Crippen LogP contribution in [0, 0.1) is 0 Å². The van der Waals surface area contributed by atoms with E-state index in [1.807, 2.05) is 42.5 Å². The Hall–Kier alpha value is -1.48. The summed E-state index contributed by atoms with van der Waals surface area (Å²) < 4.78 is 11.5. The van der Waals surface area contributed by atoms with Gasteiger partial charge < -0.3 is 20.5 Å². The molecule has 0 saturated heterocycles. The summed E-state index contributed by atoms with van der Waals surface area (Å²) in [7, 11) is 3.22. The smallest absolute Gasteiger partial charge is 0.189 e. The lowest BCUT2D eigenvalue weighted by molar-refractivity contribution is 0.354. The predicted molar refractivity (Wildman–Crippen MR) is 111 cm³/mol. The van der Waals surface area contributed by atoms with Crippen molar-refractivity contribution in [3.8, 4) is 11.5 Å². The summed E-state index contributed by atoms with van der Waals surface area (Å²) in [6, 6.07) is 13.7. The fourth-order valence-electron chi connectivity index (χ4n) is 2.01. The number of aliphatic imine (C=N–C) groups is 1. The highest BCUT2D eigenvalue weighted by Crippen LogP contribution is 2.27. The molecule has 2 aromatic rings. The number of hydrogen-bond acceptors (Lipinski definition) is 3. The van der Waals surface area contributed by atoms with E-state index < -0.39 is 0 Å². The molecule has 0 aromatic heterocycles. The molecule has 0 spiro atoms. The van der Waals surface area contributed by atoms with Crippen LogP contribution in [0.3, 0.4) is 0 Å². The van der Waals surface area contributed by atoms with Gasteiger partial charge in [0.05, 0.1) is 20.8 Å².